The molecule has 0 bridgehead atoms. The Morgan fingerprint density at radius 1 is 1.30 bits per heavy atom. The lowest BCUT2D eigenvalue weighted by Gasteiger charge is -2.24. The monoisotopic (exact) mass is 299 g/mol. The second kappa shape index (κ2) is 9.08. The lowest BCUT2D eigenvalue weighted by molar-refractivity contribution is -0.145. The molecule has 1 aromatic rings. The van der Waals surface area contributed by atoms with E-state index in [2.05, 4.69) is 4.90 Å². The van der Waals surface area contributed by atoms with Gasteiger partial charge in [-0.2, -0.15) is 0 Å². The highest BCUT2D eigenvalue weighted by atomic mass is 35.5. The van der Waals surface area contributed by atoms with E-state index in [1.165, 1.54) is 0 Å². The first-order valence-electron chi connectivity index (χ1n) is 6.76. The number of rotatable bonds is 9. The Balaban J connectivity index is 2.65. The van der Waals surface area contributed by atoms with Gasteiger partial charge >= 0.3 is 0 Å². The molecule has 0 saturated carbocycles. The third kappa shape index (κ3) is 5.59. The van der Waals surface area contributed by atoms with Crippen LogP contribution in [0.3, 0.4) is 0 Å². The van der Waals surface area contributed by atoms with Crippen molar-refractivity contribution in [3.05, 3.63) is 34.3 Å². The molecule has 0 fully saturated rings. The lowest BCUT2D eigenvalue weighted by atomic mass is 10.1. The maximum atomic E-state index is 11.1. The van der Waals surface area contributed by atoms with Crippen LogP contribution in [0.15, 0.2) is 18.2 Å². The minimum atomic E-state index is -0.248. The standard InChI is InChI=1S/C15H22ClNO3/c1-4-19-15(20-5-2)10-17(3)9-12-6-7-14(16)8-13(12)11-18/h6-8,11,15H,4-5,9-10H2,1-3H3. The number of hydrogen-bond donors (Lipinski definition) is 0. The van der Waals surface area contributed by atoms with Crippen molar-refractivity contribution in [1.29, 1.82) is 0 Å². The number of aldehydes is 1. The van der Waals surface area contributed by atoms with E-state index in [0.29, 0.717) is 36.9 Å². The van der Waals surface area contributed by atoms with Crippen LogP contribution in [-0.2, 0) is 16.0 Å². The molecule has 0 aliphatic carbocycles. The molecule has 112 valence electrons. The molecular formula is C15H22ClNO3. The molecule has 1 aromatic carbocycles. The minimum absolute atomic E-state index is 0.248. The Morgan fingerprint density at radius 2 is 1.95 bits per heavy atom. The third-order valence-electron chi connectivity index (χ3n) is 2.84. The Labute approximate surface area is 125 Å². The van der Waals surface area contributed by atoms with Gasteiger partial charge in [-0.1, -0.05) is 17.7 Å². The Bertz CT molecular complexity index is 420. The number of benzene rings is 1. The van der Waals surface area contributed by atoms with Crippen molar-refractivity contribution in [1.82, 2.24) is 4.90 Å². The van der Waals surface area contributed by atoms with Crippen molar-refractivity contribution in [2.45, 2.75) is 26.7 Å². The van der Waals surface area contributed by atoms with E-state index >= 15 is 0 Å². The molecule has 20 heavy (non-hydrogen) atoms. The van der Waals surface area contributed by atoms with Crippen molar-refractivity contribution in [2.24, 2.45) is 0 Å². The highest BCUT2D eigenvalue weighted by molar-refractivity contribution is 6.30. The summed E-state index contributed by atoms with van der Waals surface area (Å²) in [5.41, 5.74) is 1.56. The van der Waals surface area contributed by atoms with E-state index in [-0.39, 0.29) is 6.29 Å². The van der Waals surface area contributed by atoms with E-state index < -0.39 is 0 Å². The summed E-state index contributed by atoms with van der Waals surface area (Å²) >= 11 is 5.89. The highest BCUT2D eigenvalue weighted by Crippen LogP contribution is 2.16. The van der Waals surface area contributed by atoms with E-state index in [1.54, 1.807) is 12.1 Å². The average molecular weight is 300 g/mol. The molecule has 4 nitrogen and oxygen atoms in total. The zero-order chi connectivity index (χ0) is 15.0. The first-order chi connectivity index (χ1) is 9.60. The fourth-order valence-corrected chi connectivity index (χ4v) is 2.14. The number of halogens is 1. The number of hydrogen-bond acceptors (Lipinski definition) is 4. The number of nitrogens with zero attached hydrogens (tertiary/aromatic N) is 1. The molecule has 5 heteroatoms. The van der Waals surface area contributed by atoms with Crippen LogP contribution in [0, 0.1) is 0 Å². The molecule has 0 aliphatic rings. The second-order valence-corrected chi connectivity index (χ2v) is 4.93. The summed E-state index contributed by atoms with van der Waals surface area (Å²) in [6.45, 7) is 6.38. The molecule has 0 amide bonds. The van der Waals surface area contributed by atoms with Crippen LogP contribution in [0.2, 0.25) is 5.02 Å². The van der Waals surface area contributed by atoms with Gasteiger partial charge < -0.3 is 9.47 Å². The van der Waals surface area contributed by atoms with Crippen LogP contribution < -0.4 is 0 Å². The summed E-state index contributed by atoms with van der Waals surface area (Å²) < 4.78 is 11.0. The quantitative estimate of drug-likeness (QED) is 0.519. The van der Waals surface area contributed by atoms with Gasteiger partial charge in [0.15, 0.2) is 6.29 Å². The van der Waals surface area contributed by atoms with Crippen molar-refractivity contribution in [3.63, 3.8) is 0 Å². The number of likely N-dealkylation sites (N-methyl/N-ethyl adjacent to an activating group) is 1. The molecule has 0 spiro atoms. The second-order valence-electron chi connectivity index (χ2n) is 4.50. The Hall–Kier alpha value is -0.940. The van der Waals surface area contributed by atoms with Crippen molar-refractivity contribution in [2.75, 3.05) is 26.8 Å². The summed E-state index contributed by atoms with van der Waals surface area (Å²) in [5, 5.41) is 0.569. The van der Waals surface area contributed by atoms with Gasteiger partial charge in [0, 0.05) is 36.9 Å². The molecule has 0 radical (unpaired) electrons. The van der Waals surface area contributed by atoms with Crippen LogP contribution >= 0.6 is 11.6 Å². The fraction of sp³-hybridized carbons (Fsp3) is 0.533. The molecule has 1 rings (SSSR count). The maximum Gasteiger partial charge on any atom is 0.170 e. The van der Waals surface area contributed by atoms with E-state index in [9.17, 15) is 4.79 Å². The van der Waals surface area contributed by atoms with Crippen LogP contribution in [-0.4, -0.2) is 44.3 Å². The van der Waals surface area contributed by atoms with Crippen LogP contribution in [0.25, 0.3) is 0 Å². The lowest BCUT2D eigenvalue weighted by Crippen LogP contribution is -2.33. The van der Waals surface area contributed by atoms with Gasteiger partial charge in [-0.3, -0.25) is 9.69 Å². The number of ether oxygens (including phenoxy) is 2. The highest BCUT2D eigenvalue weighted by Gasteiger charge is 2.13. The average Bonchev–Trinajstić information content (AvgIpc) is 2.41. The van der Waals surface area contributed by atoms with E-state index in [4.69, 9.17) is 21.1 Å². The zero-order valence-corrected chi connectivity index (χ0v) is 13.0. The van der Waals surface area contributed by atoms with Crippen LogP contribution in [0.1, 0.15) is 29.8 Å². The number of carbonyl (C=O) groups is 1. The summed E-state index contributed by atoms with van der Waals surface area (Å²) in [7, 11) is 1.97. The predicted molar refractivity (Wildman–Crippen MR) is 80.2 cm³/mol. The van der Waals surface area contributed by atoms with Gasteiger partial charge in [0.25, 0.3) is 0 Å². The molecule has 0 aliphatic heterocycles. The summed E-state index contributed by atoms with van der Waals surface area (Å²) in [4.78, 5) is 13.1. The Kier molecular flexibility index (Phi) is 7.77. The first-order valence-corrected chi connectivity index (χ1v) is 7.13. The Morgan fingerprint density at radius 3 is 2.50 bits per heavy atom. The molecule has 0 unspecified atom stereocenters. The fourth-order valence-electron chi connectivity index (χ4n) is 1.95. The predicted octanol–water partition coefficient (Wildman–Crippen LogP) is 2.98. The minimum Gasteiger partial charge on any atom is -0.352 e. The van der Waals surface area contributed by atoms with Gasteiger partial charge in [0.2, 0.25) is 0 Å². The third-order valence-corrected chi connectivity index (χ3v) is 3.08. The molecule has 0 aromatic heterocycles. The normalized spacial score (nSPS) is 11.3. The van der Waals surface area contributed by atoms with Gasteiger partial charge in [0.05, 0.1) is 0 Å². The van der Waals surface area contributed by atoms with Crippen LogP contribution in [0.4, 0.5) is 0 Å². The van der Waals surface area contributed by atoms with Gasteiger partial charge in [-0.05, 0) is 38.6 Å². The molecule has 0 heterocycles. The summed E-state index contributed by atoms with van der Waals surface area (Å²) in [6.07, 6.45) is 0.583. The van der Waals surface area contributed by atoms with Crippen molar-refractivity contribution >= 4 is 17.9 Å². The van der Waals surface area contributed by atoms with Gasteiger partial charge in [0.1, 0.15) is 6.29 Å². The summed E-state index contributed by atoms with van der Waals surface area (Å²) in [6, 6.07) is 5.35. The summed E-state index contributed by atoms with van der Waals surface area (Å²) in [5.74, 6) is 0. The van der Waals surface area contributed by atoms with E-state index in [1.807, 2.05) is 27.0 Å². The first kappa shape index (κ1) is 17.1. The zero-order valence-electron chi connectivity index (χ0n) is 12.3. The van der Waals surface area contributed by atoms with Crippen molar-refractivity contribution in [3.8, 4) is 0 Å². The maximum absolute atomic E-state index is 11.1. The van der Waals surface area contributed by atoms with E-state index in [0.717, 1.165) is 11.8 Å². The molecule has 0 atom stereocenters. The topological polar surface area (TPSA) is 38.8 Å². The number of carbonyl (C=O) groups excluding carboxylic acids is 1. The molecule has 0 N–H and O–H groups in total. The van der Waals surface area contributed by atoms with Gasteiger partial charge in [-0.15, -0.1) is 0 Å². The molecule has 0 saturated heterocycles. The van der Waals surface area contributed by atoms with Crippen molar-refractivity contribution < 1.29 is 14.3 Å². The van der Waals surface area contributed by atoms with Crippen LogP contribution in [0.5, 0.6) is 0 Å². The molecular weight excluding hydrogens is 278 g/mol. The van der Waals surface area contributed by atoms with Gasteiger partial charge in [-0.25, -0.2) is 0 Å². The SMILES string of the molecule is CCOC(CN(C)Cc1ccc(Cl)cc1C=O)OCC. The largest absolute Gasteiger partial charge is 0.352 e. The smallest absolute Gasteiger partial charge is 0.170 e.